The fourth-order valence-corrected chi connectivity index (χ4v) is 2.53. The Bertz CT molecular complexity index is 988. The van der Waals surface area contributed by atoms with Gasteiger partial charge in [0.2, 0.25) is 0 Å². The smallest absolute Gasteiger partial charge is 0.272 e. The van der Waals surface area contributed by atoms with Crippen LogP contribution in [0.15, 0.2) is 76.8 Å². The van der Waals surface area contributed by atoms with Gasteiger partial charge in [0.15, 0.2) is 0 Å². The van der Waals surface area contributed by atoms with E-state index in [-0.39, 0.29) is 11.6 Å². The zero-order valence-corrected chi connectivity index (χ0v) is 15.2. The summed E-state index contributed by atoms with van der Waals surface area (Å²) in [6, 6.07) is 19.7. The molecule has 0 aliphatic rings. The van der Waals surface area contributed by atoms with E-state index in [1.165, 1.54) is 6.08 Å². The summed E-state index contributed by atoms with van der Waals surface area (Å²) < 4.78 is 5.51. The Morgan fingerprint density at radius 3 is 2.37 bits per heavy atom. The Labute approximate surface area is 157 Å². The summed E-state index contributed by atoms with van der Waals surface area (Å²) in [6.45, 7) is 3.72. The minimum absolute atomic E-state index is 0.0970. The number of anilines is 1. The van der Waals surface area contributed by atoms with E-state index >= 15 is 0 Å². The molecule has 0 saturated heterocycles. The lowest BCUT2D eigenvalue weighted by molar-refractivity contribution is -0.113. The third-order valence-corrected chi connectivity index (χ3v) is 3.85. The molecule has 27 heavy (non-hydrogen) atoms. The molecule has 0 saturated carbocycles. The zero-order chi connectivity index (χ0) is 19.2. The van der Waals surface area contributed by atoms with Crippen LogP contribution in [0, 0.1) is 13.8 Å². The average molecular weight is 360 g/mol. The van der Waals surface area contributed by atoms with Crippen molar-refractivity contribution in [2.24, 2.45) is 0 Å². The van der Waals surface area contributed by atoms with Gasteiger partial charge >= 0.3 is 0 Å². The molecule has 136 valence electrons. The van der Waals surface area contributed by atoms with Crippen LogP contribution in [-0.2, 0) is 4.79 Å². The maximum atomic E-state index is 12.7. The van der Waals surface area contributed by atoms with Gasteiger partial charge in [-0.25, -0.2) is 0 Å². The summed E-state index contributed by atoms with van der Waals surface area (Å²) in [7, 11) is 0. The Kier molecular flexibility index (Phi) is 5.52. The van der Waals surface area contributed by atoms with Crippen LogP contribution >= 0.6 is 0 Å². The van der Waals surface area contributed by atoms with Gasteiger partial charge in [-0.15, -0.1) is 0 Å². The third kappa shape index (κ3) is 4.95. The number of benzene rings is 2. The van der Waals surface area contributed by atoms with Gasteiger partial charge in [-0.05, 0) is 50.2 Å². The van der Waals surface area contributed by atoms with Crippen molar-refractivity contribution in [1.29, 1.82) is 0 Å². The van der Waals surface area contributed by atoms with Gasteiger partial charge < -0.3 is 15.1 Å². The molecule has 3 aromatic rings. The van der Waals surface area contributed by atoms with Crippen molar-refractivity contribution < 1.29 is 14.0 Å². The lowest BCUT2D eigenvalue weighted by Crippen LogP contribution is -2.30. The minimum Gasteiger partial charge on any atom is -0.462 e. The van der Waals surface area contributed by atoms with Crippen LogP contribution in [0.5, 0.6) is 0 Å². The number of hydrogen-bond acceptors (Lipinski definition) is 3. The first kappa shape index (κ1) is 18.2. The number of para-hydroxylation sites is 1. The van der Waals surface area contributed by atoms with E-state index in [0.717, 1.165) is 5.56 Å². The topological polar surface area (TPSA) is 71.3 Å². The highest BCUT2D eigenvalue weighted by Crippen LogP contribution is 2.13. The SMILES string of the molecule is Cc1cccc(C(=O)N/C(=C/c2ccc(C)o2)C(=O)Nc2ccccc2)c1. The normalized spacial score (nSPS) is 11.1. The number of nitrogens with one attached hydrogen (secondary N) is 2. The summed E-state index contributed by atoms with van der Waals surface area (Å²) in [5.74, 6) is 0.400. The number of carbonyl (C=O) groups is 2. The minimum atomic E-state index is -0.434. The number of rotatable bonds is 5. The third-order valence-electron chi connectivity index (χ3n) is 3.85. The molecule has 2 N–H and O–H groups in total. The predicted molar refractivity (Wildman–Crippen MR) is 105 cm³/mol. The van der Waals surface area contributed by atoms with E-state index < -0.39 is 5.91 Å². The monoisotopic (exact) mass is 360 g/mol. The van der Waals surface area contributed by atoms with E-state index in [1.807, 2.05) is 38.1 Å². The molecule has 1 aromatic heterocycles. The molecule has 0 bridgehead atoms. The Balaban J connectivity index is 1.86. The average Bonchev–Trinajstić information content (AvgIpc) is 3.06. The fraction of sp³-hybridized carbons (Fsp3) is 0.0909. The van der Waals surface area contributed by atoms with E-state index in [4.69, 9.17) is 4.42 Å². The summed E-state index contributed by atoms with van der Waals surface area (Å²) in [6.07, 6.45) is 1.51. The second-order valence-corrected chi connectivity index (χ2v) is 6.15. The molecule has 0 aliphatic heterocycles. The summed E-state index contributed by atoms with van der Waals surface area (Å²) in [5, 5.41) is 5.46. The van der Waals surface area contributed by atoms with Gasteiger partial charge in [0.25, 0.3) is 11.8 Å². The van der Waals surface area contributed by atoms with Crippen LogP contribution in [0.2, 0.25) is 0 Å². The maximum absolute atomic E-state index is 12.7. The molecular formula is C22H20N2O3. The summed E-state index contributed by atoms with van der Waals surface area (Å²) in [4.78, 5) is 25.3. The van der Waals surface area contributed by atoms with Crippen molar-refractivity contribution >= 4 is 23.6 Å². The first-order valence-electron chi connectivity index (χ1n) is 8.54. The highest BCUT2D eigenvalue weighted by atomic mass is 16.3. The van der Waals surface area contributed by atoms with Crippen LogP contribution in [0.25, 0.3) is 6.08 Å². The zero-order valence-electron chi connectivity index (χ0n) is 15.2. The molecule has 0 radical (unpaired) electrons. The molecule has 0 aliphatic carbocycles. The van der Waals surface area contributed by atoms with Crippen molar-refractivity contribution in [3.05, 3.63) is 95.1 Å². The largest absolute Gasteiger partial charge is 0.462 e. The van der Waals surface area contributed by atoms with Gasteiger partial charge in [0, 0.05) is 17.3 Å². The number of aryl methyl sites for hydroxylation is 2. The van der Waals surface area contributed by atoms with E-state index in [9.17, 15) is 9.59 Å². The first-order valence-corrected chi connectivity index (χ1v) is 8.54. The number of hydrogen-bond donors (Lipinski definition) is 2. The van der Waals surface area contributed by atoms with Crippen LogP contribution in [0.1, 0.15) is 27.4 Å². The Morgan fingerprint density at radius 1 is 0.926 bits per heavy atom. The van der Waals surface area contributed by atoms with E-state index in [0.29, 0.717) is 22.8 Å². The quantitative estimate of drug-likeness (QED) is 0.666. The van der Waals surface area contributed by atoms with Crippen molar-refractivity contribution in [2.75, 3.05) is 5.32 Å². The molecule has 1 heterocycles. The molecule has 5 heteroatoms. The van der Waals surface area contributed by atoms with Crippen LogP contribution in [0.3, 0.4) is 0 Å². The van der Waals surface area contributed by atoms with Crippen LogP contribution in [0.4, 0.5) is 5.69 Å². The maximum Gasteiger partial charge on any atom is 0.272 e. The van der Waals surface area contributed by atoms with E-state index in [1.54, 1.807) is 42.5 Å². The Morgan fingerprint density at radius 2 is 1.70 bits per heavy atom. The predicted octanol–water partition coefficient (Wildman–Crippen LogP) is 4.31. The second-order valence-electron chi connectivity index (χ2n) is 6.15. The number of amides is 2. The van der Waals surface area contributed by atoms with Crippen molar-refractivity contribution in [1.82, 2.24) is 5.32 Å². The van der Waals surface area contributed by atoms with Crippen molar-refractivity contribution in [3.63, 3.8) is 0 Å². The molecule has 0 fully saturated rings. The van der Waals surface area contributed by atoms with Gasteiger partial charge in [-0.3, -0.25) is 9.59 Å². The molecule has 0 unspecified atom stereocenters. The van der Waals surface area contributed by atoms with Gasteiger partial charge in [-0.2, -0.15) is 0 Å². The molecular weight excluding hydrogens is 340 g/mol. The highest BCUT2D eigenvalue weighted by Gasteiger charge is 2.16. The molecule has 3 rings (SSSR count). The number of furan rings is 1. The lowest BCUT2D eigenvalue weighted by Gasteiger charge is -2.11. The second kappa shape index (κ2) is 8.19. The fourth-order valence-electron chi connectivity index (χ4n) is 2.53. The highest BCUT2D eigenvalue weighted by molar-refractivity contribution is 6.10. The van der Waals surface area contributed by atoms with Gasteiger partial charge in [0.1, 0.15) is 17.2 Å². The lowest BCUT2D eigenvalue weighted by atomic mass is 10.1. The van der Waals surface area contributed by atoms with E-state index in [2.05, 4.69) is 10.6 Å². The molecule has 0 atom stereocenters. The van der Waals surface area contributed by atoms with Crippen LogP contribution in [-0.4, -0.2) is 11.8 Å². The first-order chi connectivity index (χ1) is 13.0. The van der Waals surface area contributed by atoms with Gasteiger partial charge in [0.05, 0.1) is 0 Å². The van der Waals surface area contributed by atoms with Crippen molar-refractivity contribution in [3.8, 4) is 0 Å². The number of carbonyl (C=O) groups excluding carboxylic acids is 2. The molecule has 0 spiro atoms. The van der Waals surface area contributed by atoms with Crippen molar-refractivity contribution in [2.45, 2.75) is 13.8 Å². The molecule has 5 nitrogen and oxygen atoms in total. The summed E-state index contributed by atoms with van der Waals surface area (Å²) >= 11 is 0. The van der Waals surface area contributed by atoms with Crippen LogP contribution < -0.4 is 10.6 Å². The summed E-state index contributed by atoms with van der Waals surface area (Å²) in [5.41, 5.74) is 2.17. The molecule has 2 aromatic carbocycles. The standard InChI is InChI=1S/C22H20N2O3/c1-15-7-6-8-17(13-15)21(25)24-20(14-19-12-11-16(2)27-19)22(26)23-18-9-4-3-5-10-18/h3-14H,1-2H3,(H,23,26)(H,24,25)/b20-14+. The molecule has 2 amide bonds. The van der Waals surface area contributed by atoms with Gasteiger partial charge in [-0.1, -0.05) is 35.9 Å². The Hall–Kier alpha value is -3.60.